The van der Waals surface area contributed by atoms with Gasteiger partial charge in [0, 0.05) is 5.69 Å². The van der Waals surface area contributed by atoms with Gasteiger partial charge in [0.25, 0.3) is 0 Å². The van der Waals surface area contributed by atoms with Crippen molar-refractivity contribution in [3.63, 3.8) is 0 Å². The van der Waals surface area contributed by atoms with Crippen LogP contribution in [0.5, 0.6) is 0 Å². The Morgan fingerprint density at radius 2 is 1.89 bits per heavy atom. The van der Waals surface area contributed by atoms with Gasteiger partial charge in [-0.25, -0.2) is 9.78 Å². The number of nitrogens with one attached hydrogen (secondary N) is 2. The van der Waals surface area contributed by atoms with E-state index in [0.29, 0.717) is 5.69 Å². The first-order chi connectivity index (χ1) is 13.2. The zero-order chi connectivity index (χ0) is 18.6. The van der Waals surface area contributed by atoms with Crippen LogP contribution < -0.4 is 10.6 Å². The standard InChI is InChI=1S/C20H20N4O2S/c25-18(23-20(26)21-14-7-2-1-3-8-14)13-24-12-6-10-16(24)19-22-15-9-4-5-11-17(15)27-19/h1-5,7-9,11,16H,6,10,12-13H2,(H2,21,23,25,26)/t16-/m0/s1. The van der Waals surface area contributed by atoms with E-state index in [1.807, 2.05) is 36.4 Å². The van der Waals surface area contributed by atoms with Crippen LogP contribution in [0, 0.1) is 0 Å². The summed E-state index contributed by atoms with van der Waals surface area (Å²) in [6, 6.07) is 16.7. The molecule has 138 valence electrons. The molecule has 3 amide bonds. The highest BCUT2D eigenvalue weighted by atomic mass is 32.1. The average Bonchev–Trinajstić information content (AvgIpc) is 3.28. The monoisotopic (exact) mass is 380 g/mol. The van der Waals surface area contributed by atoms with Gasteiger partial charge in [0.1, 0.15) is 5.01 Å². The van der Waals surface area contributed by atoms with Gasteiger partial charge in [0.05, 0.1) is 22.8 Å². The van der Waals surface area contributed by atoms with E-state index in [1.54, 1.807) is 23.5 Å². The number of benzene rings is 2. The molecule has 2 heterocycles. The van der Waals surface area contributed by atoms with Crippen LogP contribution in [0.15, 0.2) is 54.6 Å². The van der Waals surface area contributed by atoms with Crippen molar-refractivity contribution in [2.24, 2.45) is 0 Å². The van der Waals surface area contributed by atoms with Gasteiger partial charge in [0.2, 0.25) is 5.91 Å². The first-order valence-electron chi connectivity index (χ1n) is 8.94. The molecular weight excluding hydrogens is 360 g/mol. The third kappa shape index (κ3) is 4.15. The van der Waals surface area contributed by atoms with Crippen molar-refractivity contribution in [1.82, 2.24) is 15.2 Å². The minimum atomic E-state index is -0.512. The van der Waals surface area contributed by atoms with Gasteiger partial charge < -0.3 is 5.32 Å². The quantitative estimate of drug-likeness (QED) is 0.722. The van der Waals surface area contributed by atoms with E-state index in [2.05, 4.69) is 21.6 Å². The first kappa shape index (κ1) is 17.6. The van der Waals surface area contributed by atoms with E-state index >= 15 is 0 Å². The number of carbonyl (C=O) groups excluding carboxylic acids is 2. The number of rotatable bonds is 4. The number of aromatic nitrogens is 1. The van der Waals surface area contributed by atoms with E-state index in [4.69, 9.17) is 4.98 Å². The molecule has 0 spiro atoms. The van der Waals surface area contributed by atoms with Crippen molar-refractivity contribution in [1.29, 1.82) is 0 Å². The van der Waals surface area contributed by atoms with Gasteiger partial charge in [-0.1, -0.05) is 30.3 Å². The maximum absolute atomic E-state index is 12.3. The maximum Gasteiger partial charge on any atom is 0.325 e. The smallest absolute Gasteiger partial charge is 0.308 e. The molecule has 0 saturated carbocycles. The van der Waals surface area contributed by atoms with E-state index < -0.39 is 6.03 Å². The molecular formula is C20H20N4O2S. The Hall–Kier alpha value is -2.77. The lowest BCUT2D eigenvalue weighted by Crippen LogP contribution is -2.41. The third-order valence-electron chi connectivity index (χ3n) is 4.59. The number of amides is 3. The number of hydrogen-bond acceptors (Lipinski definition) is 5. The number of fused-ring (bicyclic) bond motifs is 1. The molecule has 7 heteroatoms. The second kappa shape index (κ2) is 7.85. The number of hydrogen-bond donors (Lipinski definition) is 2. The first-order valence-corrected chi connectivity index (χ1v) is 9.76. The maximum atomic E-state index is 12.3. The van der Waals surface area contributed by atoms with Crippen LogP contribution in [0.4, 0.5) is 10.5 Å². The summed E-state index contributed by atoms with van der Waals surface area (Å²) in [6.07, 6.45) is 1.99. The lowest BCUT2D eigenvalue weighted by atomic mass is 10.2. The van der Waals surface area contributed by atoms with Crippen LogP contribution in [0.3, 0.4) is 0 Å². The van der Waals surface area contributed by atoms with E-state index in [-0.39, 0.29) is 18.5 Å². The summed E-state index contributed by atoms with van der Waals surface area (Å²) in [4.78, 5) is 31.1. The molecule has 2 aromatic carbocycles. The fraction of sp³-hybridized carbons (Fsp3) is 0.250. The van der Waals surface area contributed by atoms with Crippen molar-refractivity contribution >= 4 is 39.2 Å². The zero-order valence-electron chi connectivity index (χ0n) is 14.7. The number of carbonyl (C=O) groups is 2. The van der Waals surface area contributed by atoms with Gasteiger partial charge in [-0.2, -0.15) is 0 Å². The third-order valence-corrected chi connectivity index (χ3v) is 5.73. The molecule has 6 nitrogen and oxygen atoms in total. The summed E-state index contributed by atoms with van der Waals surface area (Å²) in [5, 5.41) is 6.10. The Bertz CT molecular complexity index is 924. The van der Waals surface area contributed by atoms with E-state index in [1.165, 1.54) is 0 Å². The minimum Gasteiger partial charge on any atom is -0.308 e. The van der Waals surface area contributed by atoms with Gasteiger partial charge in [-0.3, -0.25) is 15.0 Å². The molecule has 0 radical (unpaired) electrons. The lowest BCUT2D eigenvalue weighted by Gasteiger charge is -2.21. The summed E-state index contributed by atoms with van der Waals surface area (Å²) < 4.78 is 1.16. The Morgan fingerprint density at radius 1 is 1.11 bits per heavy atom. The molecule has 27 heavy (non-hydrogen) atoms. The second-order valence-electron chi connectivity index (χ2n) is 6.52. The Balaban J connectivity index is 1.37. The molecule has 1 saturated heterocycles. The molecule has 1 atom stereocenters. The summed E-state index contributed by atoms with van der Waals surface area (Å²) in [6.45, 7) is 1.01. The average molecular weight is 380 g/mol. The van der Waals surface area contributed by atoms with Crippen LogP contribution in [-0.2, 0) is 4.79 Å². The van der Waals surface area contributed by atoms with Crippen LogP contribution in [0.1, 0.15) is 23.9 Å². The highest BCUT2D eigenvalue weighted by Gasteiger charge is 2.30. The van der Waals surface area contributed by atoms with E-state index in [0.717, 1.165) is 34.6 Å². The van der Waals surface area contributed by atoms with Crippen LogP contribution in [0.25, 0.3) is 10.2 Å². The molecule has 0 aliphatic carbocycles. The fourth-order valence-corrected chi connectivity index (χ4v) is 4.50. The predicted molar refractivity (Wildman–Crippen MR) is 107 cm³/mol. The Kier molecular flexibility index (Phi) is 5.13. The molecule has 1 aliphatic rings. The SMILES string of the molecule is O=C(CN1CCC[C@H]1c1nc2ccccc2s1)NC(=O)Nc1ccccc1. The number of likely N-dealkylation sites (tertiary alicyclic amines) is 1. The number of nitrogens with zero attached hydrogens (tertiary/aromatic N) is 2. The molecule has 1 aliphatic heterocycles. The number of para-hydroxylation sites is 2. The van der Waals surface area contributed by atoms with Gasteiger partial charge >= 0.3 is 6.03 Å². The van der Waals surface area contributed by atoms with Gasteiger partial charge in [-0.15, -0.1) is 11.3 Å². The molecule has 4 rings (SSSR count). The normalized spacial score (nSPS) is 17.1. The lowest BCUT2D eigenvalue weighted by molar-refractivity contribution is -0.121. The molecule has 3 aromatic rings. The van der Waals surface area contributed by atoms with Gasteiger partial charge in [-0.05, 0) is 43.7 Å². The van der Waals surface area contributed by atoms with Crippen molar-refractivity contribution in [3.8, 4) is 0 Å². The molecule has 2 N–H and O–H groups in total. The van der Waals surface area contributed by atoms with Crippen molar-refractivity contribution in [2.45, 2.75) is 18.9 Å². The van der Waals surface area contributed by atoms with Crippen LogP contribution in [0.2, 0.25) is 0 Å². The Morgan fingerprint density at radius 3 is 2.70 bits per heavy atom. The van der Waals surface area contributed by atoms with Crippen molar-refractivity contribution < 1.29 is 9.59 Å². The second-order valence-corrected chi connectivity index (χ2v) is 7.58. The summed E-state index contributed by atoms with van der Waals surface area (Å²) in [5.74, 6) is -0.309. The van der Waals surface area contributed by atoms with Crippen LogP contribution >= 0.6 is 11.3 Å². The van der Waals surface area contributed by atoms with Crippen molar-refractivity contribution in [3.05, 3.63) is 59.6 Å². The van der Waals surface area contributed by atoms with Crippen molar-refractivity contribution in [2.75, 3.05) is 18.4 Å². The number of thiazole rings is 1. The molecule has 1 aromatic heterocycles. The number of imide groups is 1. The highest BCUT2D eigenvalue weighted by molar-refractivity contribution is 7.18. The highest BCUT2D eigenvalue weighted by Crippen LogP contribution is 2.36. The minimum absolute atomic E-state index is 0.130. The van der Waals surface area contributed by atoms with E-state index in [9.17, 15) is 9.59 Å². The summed E-state index contributed by atoms with van der Waals surface area (Å²) in [5.41, 5.74) is 1.65. The van der Waals surface area contributed by atoms with Crippen LogP contribution in [-0.4, -0.2) is 34.9 Å². The number of anilines is 1. The molecule has 1 fully saturated rings. The fourth-order valence-electron chi connectivity index (χ4n) is 3.36. The zero-order valence-corrected chi connectivity index (χ0v) is 15.5. The Labute approximate surface area is 161 Å². The van der Waals surface area contributed by atoms with Gasteiger partial charge in [0.15, 0.2) is 0 Å². The molecule has 0 unspecified atom stereocenters. The largest absolute Gasteiger partial charge is 0.325 e. The number of urea groups is 1. The predicted octanol–water partition coefficient (Wildman–Crippen LogP) is 3.78. The summed E-state index contributed by atoms with van der Waals surface area (Å²) >= 11 is 1.68. The molecule has 0 bridgehead atoms. The summed E-state index contributed by atoms with van der Waals surface area (Å²) in [7, 11) is 0. The topological polar surface area (TPSA) is 74.3 Å².